The van der Waals surface area contributed by atoms with Crippen LogP contribution in [0.25, 0.3) is 0 Å². The zero-order chi connectivity index (χ0) is 25.5. The van der Waals surface area contributed by atoms with Gasteiger partial charge in [0.1, 0.15) is 12.4 Å². The summed E-state index contributed by atoms with van der Waals surface area (Å²) < 4.78 is 41.8. The lowest BCUT2D eigenvalue weighted by Gasteiger charge is -2.22. The van der Waals surface area contributed by atoms with Crippen molar-refractivity contribution >= 4 is 35.5 Å². The van der Waals surface area contributed by atoms with Crippen LogP contribution >= 0.6 is 23.2 Å². The molecule has 0 fully saturated rings. The fourth-order valence-corrected chi connectivity index (χ4v) is 3.72. The average Bonchev–Trinajstić information content (AvgIpc) is 2.81. The molecule has 0 amide bonds. The molecular weight excluding hydrogens is 503 g/mol. The van der Waals surface area contributed by atoms with Crippen molar-refractivity contribution in [3.8, 4) is 11.5 Å². The number of carbonyl (C=O) groups excluding carboxylic acids is 2. The van der Waals surface area contributed by atoms with Crippen molar-refractivity contribution < 1.29 is 32.6 Å². The maximum Gasteiger partial charge on any atom is 0.387 e. The number of ether oxygens (including phenoxy) is 3. The number of aromatic nitrogens is 1. The van der Waals surface area contributed by atoms with Gasteiger partial charge in [0.15, 0.2) is 11.5 Å². The molecule has 0 saturated heterocycles. The van der Waals surface area contributed by atoms with Gasteiger partial charge in [0, 0.05) is 24.4 Å². The number of aldehydes is 1. The van der Waals surface area contributed by atoms with E-state index in [9.17, 15) is 18.4 Å². The van der Waals surface area contributed by atoms with Crippen LogP contribution < -0.4 is 9.47 Å². The number of esters is 1. The zero-order valence-corrected chi connectivity index (χ0v) is 20.2. The highest BCUT2D eigenvalue weighted by molar-refractivity contribution is 6.35. The second-order valence-corrected chi connectivity index (χ2v) is 8.49. The molecule has 0 spiro atoms. The Kier molecular flexibility index (Phi) is 9.01. The molecule has 3 aromatic rings. The first-order chi connectivity index (χ1) is 16.7. The predicted octanol–water partition coefficient (Wildman–Crippen LogP) is 6.73. The van der Waals surface area contributed by atoms with Crippen molar-refractivity contribution in [2.45, 2.75) is 39.1 Å². The van der Waals surface area contributed by atoms with Gasteiger partial charge in [-0.15, -0.1) is 0 Å². The van der Waals surface area contributed by atoms with Crippen molar-refractivity contribution in [3.63, 3.8) is 0 Å². The monoisotopic (exact) mass is 523 g/mol. The van der Waals surface area contributed by atoms with Crippen LogP contribution in [0.3, 0.4) is 0 Å². The van der Waals surface area contributed by atoms with E-state index in [0.29, 0.717) is 23.0 Å². The van der Waals surface area contributed by atoms with Gasteiger partial charge >= 0.3 is 12.6 Å². The van der Waals surface area contributed by atoms with Crippen molar-refractivity contribution in [1.29, 1.82) is 0 Å². The Hall–Kier alpha value is -3.23. The molecule has 0 aliphatic heterocycles. The van der Waals surface area contributed by atoms with E-state index in [2.05, 4.69) is 9.72 Å². The summed E-state index contributed by atoms with van der Waals surface area (Å²) in [4.78, 5) is 27.8. The van der Waals surface area contributed by atoms with Crippen molar-refractivity contribution in [2.75, 3.05) is 0 Å². The Balaban J connectivity index is 2.01. The number of rotatable bonds is 10. The molecule has 2 aromatic carbocycles. The predicted molar refractivity (Wildman–Crippen MR) is 127 cm³/mol. The molecule has 0 aliphatic carbocycles. The standard InChI is InChI=1S/C25H21Cl2F2NO5/c1-14(2)33-23-9-17(7-8-21(23)35-25(28)29)22(10-18-19(26)11-30-12-20(18)27)34-24(32)16-5-3-15(13-31)4-6-16/h3-9,11-14,22,25H,10H2,1-2H3/t22-/m0/s1. The molecule has 0 N–H and O–H groups in total. The van der Waals surface area contributed by atoms with E-state index in [4.69, 9.17) is 32.7 Å². The summed E-state index contributed by atoms with van der Waals surface area (Å²) in [5, 5.41) is 0.537. The fourth-order valence-electron chi connectivity index (χ4n) is 3.21. The van der Waals surface area contributed by atoms with Crippen LogP contribution in [0.1, 0.15) is 51.8 Å². The Bertz CT molecular complexity index is 1170. The molecule has 6 nitrogen and oxygen atoms in total. The van der Waals surface area contributed by atoms with E-state index in [1.807, 2.05) is 0 Å². The summed E-state index contributed by atoms with van der Waals surface area (Å²) in [6.45, 7) is 0.416. The summed E-state index contributed by atoms with van der Waals surface area (Å²) >= 11 is 12.6. The molecular formula is C25H21Cl2F2NO5. The number of halogens is 4. The molecule has 0 radical (unpaired) electrons. The molecule has 0 unspecified atom stereocenters. The summed E-state index contributed by atoms with van der Waals surface area (Å²) in [6, 6.07) is 10.2. The van der Waals surface area contributed by atoms with Gasteiger partial charge in [0.25, 0.3) is 0 Å². The van der Waals surface area contributed by atoms with Gasteiger partial charge < -0.3 is 14.2 Å². The minimum absolute atomic E-state index is 0.0566. The number of hydrogen-bond acceptors (Lipinski definition) is 6. The van der Waals surface area contributed by atoms with Crippen molar-refractivity contribution in [1.82, 2.24) is 4.98 Å². The lowest BCUT2D eigenvalue weighted by Crippen LogP contribution is -2.16. The third kappa shape index (κ3) is 7.13. The van der Waals surface area contributed by atoms with E-state index in [1.165, 1.54) is 54.9 Å². The van der Waals surface area contributed by atoms with Crippen LogP contribution in [0.5, 0.6) is 11.5 Å². The molecule has 10 heteroatoms. The number of benzene rings is 2. The van der Waals surface area contributed by atoms with Gasteiger partial charge in [-0.2, -0.15) is 8.78 Å². The number of hydrogen-bond donors (Lipinski definition) is 0. The fraction of sp³-hybridized carbons (Fsp3) is 0.240. The third-order valence-corrected chi connectivity index (χ3v) is 5.44. The molecule has 184 valence electrons. The highest BCUT2D eigenvalue weighted by atomic mass is 35.5. The van der Waals surface area contributed by atoms with E-state index in [0.717, 1.165) is 0 Å². The topological polar surface area (TPSA) is 74.7 Å². The van der Waals surface area contributed by atoms with Crippen LogP contribution in [0.4, 0.5) is 8.78 Å². The first-order valence-corrected chi connectivity index (χ1v) is 11.2. The van der Waals surface area contributed by atoms with Crippen LogP contribution in [-0.4, -0.2) is 30.0 Å². The van der Waals surface area contributed by atoms with Gasteiger partial charge in [-0.05, 0) is 49.2 Å². The van der Waals surface area contributed by atoms with Gasteiger partial charge in [0.2, 0.25) is 0 Å². The van der Waals surface area contributed by atoms with Crippen LogP contribution in [0.15, 0.2) is 54.9 Å². The largest absolute Gasteiger partial charge is 0.487 e. The maximum absolute atomic E-state index is 12.9. The summed E-state index contributed by atoms with van der Waals surface area (Å²) in [6.07, 6.45) is 2.27. The van der Waals surface area contributed by atoms with Crippen molar-refractivity contribution in [3.05, 3.63) is 87.2 Å². The van der Waals surface area contributed by atoms with Gasteiger partial charge in [-0.3, -0.25) is 9.78 Å². The lowest BCUT2D eigenvalue weighted by atomic mass is 10.0. The number of pyridine rings is 1. The normalized spacial score (nSPS) is 11.9. The minimum Gasteiger partial charge on any atom is -0.487 e. The second-order valence-electron chi connectivity index (χ2n) is 7.67. The minimum atomic E-state index is -3.05. The molecule has 1 heterocycles. The number of carbonyl (C=O) groups is 2. The zero-order valence-electron chi connectivity index (χ0n) is 18.7. The van der Waals surface area contributed by atoms with Gasteiger partial charge in [-0.25, -0.2) is 4.79 Å². The highest BCUT2D eigenvalue weighted by Gasteiger charge is 2.24. The average molecular weight is 524 g/mol. The Morgan fingerprint density at radius 2 is 1.66 bits per heavy atom. The van der Waals surface area contributed by atoms with Crippen molar-refractivity contribution in [2.24, 2.45) is 0 Å². The Morgan fingerprint density at radius 1 is 1.00 bits per heavy atom. The van der Waals surface area contributed by atoms with E-state index >= 15 is 0 Å². The third-order valence-electron chi connectivity index (χ3n) is 4.79. The van der Waals surface area contributed by atoms with Crippen LogP contribution in [-0.2, 0) is 11.2 Å². The Labute approximate surface area is 210 Å². The van der Waals surface area contributed by atoms with Gasteiger partial charge in [0.05, 0.1) is 21.7 Å². The molecule has 1 aromatic heterocycles. The number of nitrogens with zero attached hydrogens (tertiary/aromatic N) is 1. The SMILES string of the molecule is CC(C)Oc1cc([C@H](Cc2c(Cl)cncc2Cl)OC(=O)c2ccc(C=O)cc2)ccc1OC(F)F. The Morgan fingerprint density at radius 3 is 2.23 bits per heavy atom. The molecule has 3 rings (SSSR count). The first-order valence-electron chi connectivity index (χ1n) is 10.5. The van der Waals surface area contributed by atoms with E-state index in [1.54, 1.807) is 13.8 Å². The summed E-state index contributed by atoms with van der Waals surface area (Å²) in [5.41, 5.74) is 1.53. The van der Waals surface area contributed by atoms with E-state index < -0.39 is 18.7 Å². The second kappa shape index (κ2) is 12.0. The molecule has 1 atom stereocenters. The van der Waals surface area contributed by atoms with Gasteiger partial charge in [-0.1, -0.05) is 41.4 Å². The van der Waals surface area contributed by atoms with Crippen LogP contribution in [0.2, 0.25) is 10.0 Å². The lowest BCUT2D eigenvalue weighted by molar-refractivity contribution is -0.0519. The summed E-state index contributed by atoms with van der Waals surface area (Å²) in [5.74, 6) is -0.777. The van der Waals surface area contributed by atoms with Crippen LogP contribution in [0, 0.1) is 0 Å². The maximum atomic E-state index is 12.9. The number of alkyl halides is 2. The van der Waals surface area contributed by atoms with E-state index in [-0.39, 0.29) is 39.6 Å². The summed E-state index contributed by atoms with van der Waals surface area (Å²) in [7, 11) is 0. The first kappa shape index (κ1) is 26.4. The molecule has 0 aliphatic rings. The smallest absolute Gasteiger partial charge is 0.387 e. The molecule has 35 heavy (non-hydrogen) atoms. The molecule has 0 bridgehead atoms. The highest BCUT2D eigenvalue weighted by Crippen LogP contribution is 2.36. The quantitative estimate of drug-likeness (QED) is 0.216. The molecule has 0 saturated carbocycles.